The molecular weight excluding hydrogens is 276 g/mol. The van der Waals surface area contributed by atoms with Gasteiger partial charge in [0.25, 0.3) is 0 Å². The average molecular weight is 295 g/mol. The lowest BCUT2D eigenvalue weighted by Gasteiger charge is -2.38. The van der Waals surface area contributed by atoms with Gasteiger partial charge in [0.1, 0.15) is 0 Å². The number of nitrogens with one attached hydrogen (secondary N) is 1. The van der Waals surface area contributed by atoms with Gasteiger partial charge in [0.05, 0.1) is 5.70 Å². The van der Waals surface area contributed by atoms with E-state index in [1.165, 1.54) is 11.2 Å². The van der Waals surface area contributed by atoms with Crippen LogP contribution in [0.2, 0.25) is 0 Å². The molecule has 0 radical (unpaired) electrons. The largest absolute Gasteiger partial charge is 0.755 e. The second-order valence-electron chi connectivity index (χ2n) is 4.50. The summed E-state index contributed by atoms with van der Waals surface area (Å²) in [6.07, 6.45) is 7.31. The third-order valence-electron chi connectivity index (χ3n) is 2.94. The number of nitrogens with zero attached hydrogens (tertiary/aromatic N) is 1. The zero-order chi connectivity index (χ0) is 15.1. The van der Waals surface area contributed by atoms with E-state index in [0.29, 0.717) is 25.2 Å². The van der Waals surface area contributed by atoms with Gasteiger partial charge in [-0.3, -0.25) is 9.00 Å². The van der Waals surface area contributed by atoms with E-state index in [1.54, 1.807) is 24.3 Å². The molecule has 0 aliphatic carbocycles. The Bertz CT molecular complexity index is 483. The first-order valence-corrected chi connectivity index (χ1v) is 7.28. The molecule has 1 aliphatic heterocycles. The highest BCUT2D eigenvalue weighted by atomic mass is 32.2. The molecule has 0 aromatic rings. The van der Waals surface area contributed by atoms with Gasteiger partial charge in [0, 0.05) is 31.3 Å². The molecule has 1 N–H and O–H groups in total. The minimum absolute atomic E-state index is 0.0324. The number of hydrogen-bond acceptors (Lipinski definition) is 3. The number of rotatable bonds is 5. The summed E-state index contributed by atoms with van der Waals surface area (Å²) in [7, 11) is 0. The molecule has 6 heteroatoms. The van der Waals surface area contributed by atoms with Crippen LogP contribution in [0.1, 0.15) is 13.3 Å². The van der Waals surface area contributed by atoms with Crippen LogP contribution in [0.3, 0.4) is 0 Å². The lowest BCUT2D eigenvalue weighted by molar-refractivity contribution is -0.119. The van der Waals surface area contributed by atoms with Crippen LogP contribution in [0.5, 0.6) is 0 Å². The average Bonchev–Trinajstić information content (AvgIpc) is 2.38. The van der Waals surface area contributed by atoms with Crippen molar-refractivity contribution in [3.05, 3.63) is 48.7 Å². The molecule has 20 heavy (non-hydrogen) atoms. The van der Waals surface area contributed by atoms with Crippen LogP contribution >= 0.6 is 0 Å². The van der Waals surface area contributed by atoms with E-state index in [1.807, 2.05) is 0 Å². The molecule has 0 saturated carbocycles. The molecule has 1 saturated heterocycles. The van der Waals surface area contributed by atoms with E-state index in [9.17, 15) is 13.6 Å². The zero-order valence-electron chi connectivity index (χ0n) is 11.5. The quantitative estimate of drug-likeness (QED) is 0.780. The van der Waals surface area contributed by atoms with Crippen molar-refractivity contribution < 1.29 is 13.6 Å². The normalized spacial score (nSPS) is 24.5. The summed E-state index contributed by atoms with van der Waals surface area (Å²) in [5.41, 5.74) is 1.47. The first-order valence-electron chi connectivity index (χ1n) is 6.25. The molecule has 0 aromatic heterocycles. The van der Waals surface area contributed by atoms with E-state index in [-0.39, 0.29) is 11.8 Å². The highest BCUT2D eigenvalue weighted by Crippen LogP contribution is 2.30. The van der Waals surface area contributed by atoms with Crippen LogP contribution in [-0.2, 0) is 16.1 Å². The number of carbonyl (C=O) groups excluding carboxylic acids is 1. The molecule has 0 spiro atoms. The number of piperidine rings is 1. The summed E-state index contributed by atoms with van der Waals surface area (Å²) in [4.78, 5) is 11.0. The molecule has 1 rings (SSSR count). The minimum atomic E-state index is -2.36. The number of amides is 1. The molecule has 0 bridgehead atoms. The van der Waals surface area contributed by atoms with Gasteiger partial charge in [0.15, 0.2) is 0 Å². The van der Waals surface area contributed by atoms with Crippen molar-refractivity contribution in [2.75, 3.05) is 13.1 Å². The predicted molar refractivity (Wildman–Crippen MR) is 79.0 cm³/mol. The topological polar surface area (TPSA) is 72.5 Å². The highest BCUT2D eigenvalue weighted by Gasteiger charge is 2.27. The third-order valence-corrected chi connectivity index (χ3v) is 3.65. The minimum Gasteiger partial charge on any atom is -0.755 e. The lowest BCUT2D eigenvalue weighted by atomic mass is 9.92. The van der Waals surface area contributed by atoms with Crippen molar-refractivity contribution in [3.8, 4) is 0 Å². The summed E-state index contributed by atoms with van der Waals surface area (Å²) in [5.74, 6) is -0.0913. The van der Waals surface area contributed by atoms with Crippen molar-refractivity contribution in [2.24, 2.45) is 5.92 Å². The molecule has 1 aliphatic rings. The fourth-order valence-corrected chi connectivity index (χ4v) is 2.81. The van der Waals surface area contributed by atoms with Gasteiger partial charge in [-0.15, -0.1) is 0 Å². The van der Waals surface area contributed by atoms with E-state index >= 15 is 0 Å². The highest BCUT2D eigenvalue weighted by molar-refractivity contribution is 7.76. The summed E-state index contributed by atoms with van der Waals surface area (Å²) < 4.78 is 24.1. The Labute approximate surface area is 122 Å². The zero-order valence-corrected chi connectivity index (χ0v) is 12.3. The Hall–Kier alpha value is -1.66. The van der Waals surface area contributed by atoms with E-state index in [0.717, 1.165) is 5.57 Å². The standard InChI is InChI=1S/C14H20N2O3S/c1-4-6-13-8-12(9-15-11(3)17)10-16(20(18)19)14(13)7-5-2/h4-7,12H,1-2,8-10H2,3H3,(H,15,17)(H,18,19)/p-1/b13-6-,14-7+/t12-/m0/s1. The van der Waals surface area contributed by atoms with Gasteiger partial charge in [-0.05, 0) is 24.0 Å². The van der Waals surface area contributed by atoms with Crippen LogP contribution in [0.25, 0.3) is 0 Å². The fourth-order valence-electron chi connectivity index (χ4n) is 2.14. The maximum Gasteiger partial charge on any atom is 0.216 e. The molecule has 1 fully saturated rings. The Balaban J connectivity index is 3.00. The number of carbonyl (C=O) groups is 1. The van der Waals surface area contributed by atoms with Crippen molar-refractivity contribution in [2.45, 2.75) is 13.3 Å². The molecule has 5 nitrogen and oxygen atoms in total. The van der Waals surface area contributed by atoms with Gasteiger partial charge in [-0.2, -0.15) is 0 Å². The third kappa shape index (κ3) is 4.47. The smallest absolute Gasteiger partial charge is 0.216 e. The molecule has 2 atom stereocenters. The summed E-state index contributed by atoms with van der Waals surface area (Å²) in [6.45, 7) is 9.48. The maximum atomic E-state index is 11.4. The molecule has 110 valence electrons. The van der Waals surface area contributed by atoms with Crippen LogP contribution in [-0.4, -0.2) is 32.1 Å². The molecule has 1 heterocycles. The number of allylic oxidation sites excluding steroid dienone is 5. The lowest BCUT2D eigenvalue weighted by Crippen LogP contribution is -2.41. The van der Waals surface area contributed by atoms with Gasteiger partial charge >= 0.3 is 0 Å². The van der Waals surface area contributed by atoms with Gasteiger partial charge < -0.3 is 14.2 Å². The SMILES string of the molecule is C=C/C=C1/C[C@@H](CNC(C)=O)CN(S(=O)[O-])/C1=C/C=C. The van der Waals surface area contributed by atoms with Gasteiger partial charge in [-0.1, -0.05) is 31.4 Å². The predicted octanol–water partition coefficient (Wildman–Crippen LogP) is 1.42. The first kappa shape index (κ1) is 16.4. The van der Waals surface area contributed by atoms with E-state index < -0.39 is 11.3 Å². The van der Waals surface area contributed by atoms with Crippen LogP contribution in [0, 0.1) is 5.92 Å². The van der Waals surface area contributed by atoms with E-state index in [2.05, 4.69) is 18.5 Å². The van der Waals surface area contributed by atoms with Crippen molar-refractivity contribution in [3.63, 3.8) is 0 Å². The van der Waals surface area contributed by atoms with E-state index in [4.69, 9.17) is 0 Å². The van der Waals surface area contributed by atoms with Crippen molar-refractivity contribution in [1.29, 1.82) is 0 Å². The Kier molecular flexibility index (Phi) is 6.41. The monoisotopic (exact) mass is 295 g/mol. The second-order valence-corrected chi connectivity index (χ2v) is 5.38. The molecular formula is C14H19N2O3S-. The number of hydrogen-bond donors (Lipinski definition) is 1. The summed E-state index contributed by atoms with van der Waals surface area (Å²) in [5, 5.41) is 2.72. The molecule has 0 aromatic carbocycles. The maximum absolute atomic E-state index is 11.4. The van der Waals surface area contributed by atoms with Crippen LogP contribution < -0.4 is 5.32 Å². The second kappa shape index (κ2) is 7.81. The van der Waals surface area contributed by atoms with Crippen molar-refractivity contribution in [1.82, 2.24) is 9.62 Å². The Morgan fingerprint density at radius 1 is 1.50 bits per heavy atom. The van der Waals surface area contributed by atoms with Gasteiger partial charge in [0.2, 0.25) is 5.91 Å². The van der Waals surface area contributed by atoms with Gasteiger partial charge in [-0.25, -0.2) is 0 Å². The molecule has 1 unspecified atom stereocenters. The summed E-state index contributed by atoms with van der Waals surface area (Å²) in [6, 6.07) is 0. The Morgan fingerprint density at radius 3 is 2.65 bits per heavy atom. The Morgan fingerprint density at radius 2 is 2.15 bits per heavy atom. The molecule has 1 amide bonds. The summed E-state index contributed by atoms with van der Waals surface area (Å²) >= 11 is -2.36. The fraction of sp³-hybridized carbons (Fsp3) is 0.357. The van der Waals surface area contributed by atoms with Crippen LogP contribution in [0.4, 0.5) is 0 Å². The van der Waals surface area contributed by atoms with Crippen molar-refractivity contribution >= 4 is 17.2 Å². The first-order chi connectivity index (χ1) is 9.49. The van der Waals surface area contributed by atoms with Crippen LogP contribution in [0.15, 0.2) is 48.7 Å².